The van der Waals surface area contributed by atoms with Gasteiger partial charge in [-0.05, 0) is 57.2 Å². The fraction of sp³-hybridized carbons (Fsp3) is 0.360. The van der Waals surface area contributed by atoms with Crippen LogP contribution in [-0.2, 0) is 14.9 Å². The third-order valence-corrected chi connectivity index (χ3v) is 7.05. The summed E-state index contributed by atoms with van der Waals surface area (Å²) in [4.78, 5) is 31.0. The van der Waals surface area contributed by atoms with E-state index in [2.05, 4.69) is 31.1 Å². The summed E-state index contributed by atoms with van der Waals surface area (Å²) in [5.74, 6) is 1.54. The van der Waals surface area contributed by atoms with Gasteiger partial charge in [0.2, 0.25) is 10.0 Å². The van der Waals surface area contributed by atoms with Crippen LogP contribution < -0.4 is 20.4 Å². The van der Waals surface area contributed by atoms with Crippen LogP contribution >= 0.6 is 0 Å². The summed E-state index contributed by atoms with van der Waals surface area (Å²) in [6.07, 6.45) is 4.73. The molecule has 3 N–H and O–H groups in total. The fourth-order valence-corrected chi connectivity index (χ4v) is 4.33. The Bertz CT molecular complexity index is 1400. The van der Waals surface area contributed by atoms with Crippen LogP contribution in [0.25, 0.3) is 0 Å². The number of carbonyl (C=O) groups is 1. The number of rotatable bonds is 10. The highest BCUT2D eigenvalue weighted by atomic mass is 32.2. The number of benzene rings is 1. The molecule has 1 amide bonds. The summed E-state index contributed by atoms with van der Waals surface area (Å²) in [6, 6.07) is 9.14. The summed E-state index contributed by atoms with van der Waals surface area (Å²) in [7, 11) is -2.02. The number of sulfonamides is 1. The second kappa shape index (κ2) is 10.7. The molecule has 11 nitrogen and oxygen atoms in total. The highest BCUT2D eigenvalue weighted by Crippen LogP contribution is 2.43. The maximum Gasteiger partial charge on any atom is 0.278 e. The normalized spacial score (nSPS) is 13.2. The number of anilines is 5. The minimum absolute atomic E-state index is 0.216. The summed E-state index contributed by atoms with van der Waals surface area (Å²) in [5.41, 5.74) is 5.89. The van der Waals surface area contributed by atoms with E-state index in [4.69, 9.17) is 4.84 Å². The van der Waals surface area contributed by atoms with Gasteiger partial charge in [-0.3, -0.25) is 13.9 Å². The van der Waals surface area contributed by atoms with Crippen molar-refractivity contribution in [3.8, 4) is 0 Å². The molecule has 37 heavy (non-hydrogen) atoms. The minimum atomic E-state index is -3.53. The first-order valence-corrected chi connectivity index (χ1v) is 13.8. The van der Waals surface area contributed by atoms with Crippen LogP contribution in [0.2, 0.25) is 0 Å². The molecule has 1 aromatic carbocycles. The van der Waals surface area contributed by atoms with Crippen molar-refractivity contribution >= 4 is 44.6 Å². The van der Waals surface area contributed by atoms with Gasteiger partial charge in [0, 0.05) is 31.1 Å². The van der Waals surface area contributed by atoms with E-state index in [1.165, 1.54) is 17.5 Å². The molecule has 2 aromatic heterocycles. The Labute approximate surface area is 216 Å². The summed E-state index contributed by atoms with van der Waals surface area (Å²) < 4.78 is 26.1. The maximum absolute atomic E-state index is 12.8. The number of pyridine rings is 1. The lowest BCUT2D eigenvalue weighted by Gasteiger charge is -2.23. The van der Waals surface area contributed by atoms with E-state index in [1.54, 1.807) is 26.0 Å². The van der Waals surface area contributed by atoms with Gasteiger partial charge in [0.25, 0.3) is 5.91 Å². The standard InChI is InChI=1S/C25H31N7O4S/c1-6-36-31-25(33)19-14-26-23(30-24-11-15(2)27-16(3)28-24)13-21(19)29-20-10-9-18(17-7-8-17)12-22(20)32(4)37(5,34)35/h9-14,17H,6-8H2,1-5H3,(H,31,33)(H2,26,27,28,29,30). The van der Waals surface area contributed by atoms with E-state index in [-0.39, 0.29) is 5.56 Å². The fourth-order valence-electron chi connectivity index (χ4n) is 3.82. The highest BCUT2D eigenvalue weighted by molar-refractivity contribution is 7.92. The maximum atomic E-state index is 12.8. The molecule has 0 spiro atoms. The first-order valence-electron chi connectivity index (χ1n) is 11.9. The number of hydroxylamine groups is 1. The SMILES string of the molecule is CCONC(=O)c1cnc(Nc2cc(C)nc(C)n2)cc1Nc1ccc(C2CC2)cc1N(C)S(C)(=O)=O. The van der Waals surface area contributed by atoms with Crippen LogP contribution in [-0.4, -0.2) is 49.2 Å². The molecular formula is C25H31N7O4S. The number of nitrogens with zero attached hydrogens (tertiary/aromatic N) is 4. The second-order valence-corrected chi connectivity index (χ2v) is 11.0. The predicted octanol–water partition coefficient (Wildman–Crippen LogP) is 3.93. The van der Waals surface area contributed by atoms with Crippen LogP contribution in [0.15, 0.2) is 36.5 Å². The van der Waals surface area contributed by atoms with Gasteiger partial charge in [-0.2, -0.15) is 0 Å². The van der Waals surface area contributed by atoms with Gasteiger partial charge in [0.05, 0.1) is 35.5 Å². The first kappa shape index (κ1) is 26.3. The van der Waals surface area contributed by atoms with Crippen LogP contribution in [0.5, 0.6) is 0 Å². The van der Waals surface area contributed by atoms with Gasteiger partial charge in [0.1, 0.15) is 17.5 Å². The quantitative estimate of drug-likeness (QED) is 0.336. The Morgan fingerprint density at radius 3 is 2.49 bits per heavy atom. The van der Waals surface area contributed by atoms with E-state index in [0.717, 1.165) is 30.4 Å². The molecule has 0 bridgehead atoms. The monoisotopic (exact) mass is 525 g/mol. The molecule has 196 valence electrons. The van der Waals surface area contributed by atoms with Crippen LogP contribution in [0.3, 0.4) is 0 Å². The van der Waals surface area contributed by atoms with Gasteiger partial charge in [-0.15, -0.1) is 0 Å². The van der Waals surface area contributed by atoms with Gasteiger partial charge < -0.3 is 10.6 Å². The number of amides is 1. The van der Waals surface area contributed by atoms with Crippen LogP contribution in [0.4, 0.5) is 28.7 Å². The van der Waals surface area contributed by atoms with Crippen molar-refractivity contribution < 1.29 is 18.0 Å². The molecule has 0 unspecified atom stereocenters. The third-order valence-electron chi connectivity index (χ3n) is 5.86. The van der Waals surface area contributed by atoms with Gasteiger partial charge >= 0.3 is 0 Å². The Kier molecular flexibility index (Phi) is 7.60. The molecule has 0 aliphatic heterocycles. The molecule has 1 fully saturated rings. The molecule has 1 aliphatic rings. The van der Waals surface area contributed by atoms with E-state index in [1.807, 2.05) is 25.1 Å². The van der Waals surface area contributed by atoms with Crippen LogP contribution in [0.1, 0.15) is 53.1 Å². The first-order chi connectivity index (χ1) is 17.5. The van der Waals surface area contributed by atoms with E-state index < -0.39 is 15.9 Å². The highest BCUT2D eigenvalue weighted by Gasteiger charge is 2.26. The molecule has 0 saturated heterocycles. The molecule has 12 heteroatoms. The summed E-state index contributed by atoms with van der Waals surface area (Å²) >= 11 is 0. The van der Waals surface area contributed by atoms with Crippen molar-refractivity contribution in [2.75, 3.05) is 34.8 Å². The lowest BCUT2D eigenvalue weighted by Crippen LogP contribution is -2.26. The summed E-state index contributed by atoms with van der Waals surface area (Å²) in [6.45, 7) is 5.71. The van der Waals surface area contributed by atoms with Crippen LogP contribution in [0, 0.1) is 13.8 Å². The van der Waals surface area contributed by atoms with Crippen molar-refractivity contribution in [2.45, 2.75) is 39.5 Å². The molecule has 3 aromatic rings. The number of aromatic nitrogens is 3. The number of hydrogen-bond acceptors (Lipinski definition) is 9. The van der Waals surface area contributed by atoms with E-state index in [9.17, 15) is 13.2 Å². The Hall–Kier alpha value is -3.77. The average Bonchev–Trinajstić information content (AvgIpc) is 3.67. The lowest BCUT2D eigenvalue weighted by atomic mass is 10.1. The van der Waals surface area contributed by atoms with Gasteiger partial charge in [0.15, 0.2) is 0 Å². The molecule has 1 saturated carbocycles. The van der Waals surface area contributed by atoms with Gasteiger partial charge in [-0.25, -0.2) is 28.8 Å². The molecule has 1 aliphatic carbocycles. The van der Waals surface area contributed by atoms with Crippen molar-refractivity contribution in [3.05, 3.63) is 59.2 Å². The zero-order chi connectivity index (χ0) is 26.7. The third kappa shape index (κ3) is 6.52. The smallest absolute Gasteiger partial charge is 0.278 e. The van der Waals surface area contributed by atoms with Gasteiger partial charge in [-0.1, -0.05) is 6.07 Å². The van der Waals surface area contributed by atoms with E-state index in [0.29, 0.717) is 47.0 Å². The molecule has 2 heterocycles. The Balaban J connectivity index is 1.75. The molecule has 0 radical (unpaired) electrons. The topological polar surface area (TPSA) is 138 Å². The Morgan fingerprint density at radius 2 is 1.84 bits per heavy atom. The molecular weight excluding hydrogens is 494 g/mol. The predicted molar refractivity (Wildman–Crippen MR) is 143 cm³/mol. The number of nitrogens with one attached hydrogen (secondary N) is 3. The average molecular weight is 526 g/mol. The largest absolute Gasteiger partial charge is 0.353 e. The lowest BCUT2D eigenvalue weighted by molar-refractivity contribution is 0.0365. The number of carbonyl (C=O) groups excluding carboxylic acids is 1. The zero-order valence-electron chi connectivity index (χ0n) is 21.5. The zero-order valence-corrected chi connectivity index (χ0v) is 22.3. The summed E-state index contributed by atoms with van der Waals surface area (Å²) in [5, 5.41) is 6.40. The minimum Gasteiger partial charge on any atom is -0.353 e. The molecule has 0 atom stereocenters. The molecule has 4 rings (SSSR count). The van der Waals surface area contributed by atoms with Crippen molar-refractivity contribution in [1.29, 1.82) is 0 Å². The second-order valence-electron chi connectivity index (χ2n) is 8.95. The van der Waals surface area contributed by atoms with E-state index >= 15 is 0 Å². The Morgan fingerprint density at radius 1 is 1.08 bits per heavy atom. The number of aryl methyl sites for hydroxylation is 2. The van der Waals surface area contributed by atoms with Crippen molar-refractivity contribution in [3.63, 3.8) is 0 Å². The van der Waals surface area contributed by atoms with Crippen molar-refractivity contribution in [1.82, 2.24) is 20.4 Å². The van der Waals surface area contributed by atoms with Crippen molar-refractivity contribution in [2.24, 2.45) is 0 Å². The number of hydrogen-bond donors (Lipinski definition) is 3.